The van der Waals surface area contributed by atoms with Crippen LogP contribution in [0.1, 0.15) is 12.6 Å². The van der Waals surface area contributed by atoms with Gasteiger partial charge in [-0.05, 0) is 24.3 Å². The molecular formula is C23H18N4O4S. The fourth-order valence-electron chi connectivity index (χ4n) is 3.60. The molecule has 3 aromatic heterocycles. The number of benzene rings is 2. The topological polar surface area (TPSA) is 90.5 Å². The summed E-state index contributed by atoms with van der Waals surface area (Å²) in [5, 5.41) is 3.11. The Morgan fingerprint density at radius 1 is 1.19 bits per heavy atom. The highest BCUT2D eigenvalue weighted by Gasteiger charge is 2.21. The van der Waals surface area contributed by atoms with Crippen LogP contribution in [-0.2, 0) is 11.3 Å². The highest BCUT2D eigenvalue weighted by atomic mass is 32.1. The van der Waals surface area contributed by atoms with Gasteiger partial charge in [-0.1, -0.05) is 24.3 Å². The second kappa shape index (κ2) is 7.93. The van der Waals surface area contributed by atoms with E-state index in [0.717, 1.165) is 5.39 Å². The van der Waals surface area contributed by atoms with Crippen molar-refractivity contribution in [3.05, 3.63) is 76.3 Å². The van der Waals surface area contributed by atoms with Crippen LogP contribution in [-0.4, -0.2) is 27.6 Å². The van der Waals surface area contributed by atoms with Crippen LogP contribution < -0.4 is 15.2 Å². The van der Waals surface area contributed by atoms with E-state index in [0.29, 0.717) is 33.4 Å². The fourth-order valence-corrected chi connectivity index (χ4v) is 4.47. The van der Waals surface area contributed by atoms with E-state index in [9.17, 15) is 9.59 Å². The van der Waals surface area contributed by atoms with E-state index in [1.54, 1.807) is 19.2 Å². The molecule has 3 heterocycles. The van der Waals surface area contributed by atoms with Gasteiger partial charge >= 0.3 is 0 Å². The van der Waals surface area contributed by atoms with Gasteiger partial charge in [0.15, 0.2) is 5.13 Å². The number of hydrogen-bond acceptors (Lipinski definition) is 7. The molecule has 1 amide bonds. The van der Waals surface area contributed by atoms with Gasteiger partial charge in [-0.3, -0.25) is 19.1 Å². The maximum atomic E-state index is 13.0. The number of rotatable bonds is 5. The molecule has 160 valence electrons. The third-order valence-electron chi connectivity index (χ3n) is 5.05. The first-order valence-electron chi connectivity index (χ1n) is 9.81. The molecule has 0 N–H and O–H groups in total. The van der Waals surface area contributed by atoms with E-state index in [4.69, 9.17) is 9.15 Å². The van der Waals surface area contributed by atoms with Crippen molar-refractivity contribution in [2.75, 3.05) is 12.0 Å². The van der Waals surface area contributed by atoms with Crippen molar-refractivity contribution in [2.45, 2.75) is 13.5 Å². The molecule has 0 radical (unpaired) electrons. The second-order valence-electron chi connectivity index (χ2n) is 7.10. The molecule has 8 nitrogen and oxygen atoms in total. The van der Waals surface area contributed by atoms with Gasteiger partial charge in [0.05, 0.1) is 31.4 Å². The molecule has 0 atom stereocenters. The largest absolute Gasteiger partial charge is 0.495 e. The van der Waals surface area contributed by atoms with Crippen LogP contribution in [0.4, 0.5) is 10.8 Å². The monoisotopic (exact) mass is 446 g/mol. The normalized spacial score (nSPS) is 11.2. The van der Waals surface area contributed by atoms with E-state index in [1.165, 1.54) is 34.1 Å². The Balaban J connectivity index is 1.50. The third kappa shape index (κ3) is 3.32. The predicted molar refractivity (Wildman–Crippen MR) is 123 cm³/mol. The van der Waals surface area contributed by atoms with E-state index >= 15 is 0 Å². The number of furan rings is 1. The Labute approximate surface area is 186 Å². The lowest BCUT2D eigenvalue weighted by Crippen LogP contribution is -2.23. The summed E-state index contributed by atoms with van der Waals surface area (Å²) in [6.07, 6.45) is 1.49. The second-order valence-corrected chi connectivity index (χ2v) is 7.94. The van der Waals surface area contributed by atoms with Crippen molar-refractivity contribution in [2.24, 2.45) is 0 Å². The first kappa shape index (κ1) is 20.0. The zero-order chi connectivity index (χ0) is 22.2. The summed E-state index contributed by atoms with van der Waals surface area (Å²) in [5.74, 6) is 0.369. The van der Waals surface area contributed by atoms with Crippen LogP contribution in [0, 0.1) is 0 Å². The molecule has 0 aliphatic rings. The lowest BCUT2D eigenvalue weighted by atomic mass is 10.2. The molecule has 5 aromatic rings. The minimum absolute atomic E-state index is 0.196. The summed E-state index contributed by atoms with van der Waals surface area (Å²) in [5.41, 5.74) is 2.32. The first-order valence-corrected chi connectivity index (χ1v) is 10.7. The van der Waals surface area contributed by atoms with Crippen molar-refractivity contribution in [3.63, 3.8) is 0 Å². The van der Waals surface area contributed by atoms with Crippen LogP contribution in [0.15, 0.2) is 69.5 Å². The van der Waals surface area contributed by atoms with E-state index in [-0.39, 0.29) is 23.6 Å². The van der Waals surface area contributed by atoms with Crippen LogP contribution >= 0.6 is 11.3 Å². The highest BCUT2D eigenvalue weighted by molar-refractivity contribution is 7.14. The summed E-state index contributed by atoms with van der Waals surface area (Å²) in [4.78, 5) is 35.9. The lowest BCUT2D eigenvalue weighted by Gasteiger charge is -2.20. The summed E-state index contributed by atoms with van der Waals surface area (Å²) in [6.45, 7) is 1.67. The molecule has 5 rings (SSSR count). The van der Waals surface area contributed by atoms with Crippen LogP contribution in [0.3, 0.4) is 0 Å². The minimum Gasteiger partial charge on any atom is -0.495 e. The molecule has 2 aromatic carbocycles. The van der Waals surface area contributed by atoms with Gasteiger partial charge in [0.25, 0.3) is 5.56 Å². The predicted octanol–water partition coefficient (Wildman–Crippen LogP) is 4.34. The average molecular weight is 446 g/mol. The molecule has 32 heavy (non-hydrogen) atoms. The van der Waals surface area contributed by atoms with Crippen LogP contribution in [0.5, 0.6) is 5.75 Å². The SMILES string of the molecule is COc1ccccc1N(C(C)=O)c1nc(Cn2cnc3c(oc4ccccc43)c2=O)cs1. The van der Waals surface area contributed by atoms with Crippen LogP contribution in [0.2, 0.25) is 0 Å². The molecule has 0 saturated carbocycles. The average Bonchev–Trinajstić information content (AvgIpc) is 3.41. The number of nitrogens with zero attached hydrogens (tertiary/aromatic N) is 4. The lowest BCUT2D eigenvalue weighted by molar-refractivity contribution is -0.115. The van der Waals surface area contributed by atoms with E-state index in [2.05, 4.69) is 9.97 Å². The maximum Gasteiger partial charge on any atom is 0.297 e. The maximum absolute atomic E-state index is 13.0. The summed E-state index contributed by atoms with van der Waals surface area (Å²) >= 11 is 1.31. The van der Waals surface area contributed by atoms with Gasteiger partial charge < -0.3 is 9.15 Å². The summed E-state index contributed by atoms with van der Waals surface area (Å²) in [7, 11) is 1.55. The smallest absolute Gasteiger partial charge is 0.297 e. The highest BCUT2D eigenvalue weighted by Crippen LogP contribution is 2.35. The molecule has 0 aliphatic carbocycles. The minimum atomic E-state index is -0.283. The number of carbonyl (C=O) groups excluding carboxylic acids is 1. The summed E-state index contributed by atoms with van der Waals surface area (Å²) < 4.78 is 12.6. The van der Waals surface area contributed by atoms with Gasteiger partial charge in [-0.15, -0.1) is 11.3 Å². The Bertz CT molecular complexity index is 1520. The quantitative estimate of drug-likeness (QED) is 0.399. The fraction of sp³-hybridized carbons (Fsp3) is 0.130. The van der Waals surface area contributed by atoms with Crippen LogP contribution in [0.25, 0.3) is 22.1 Å². The number of fused-ring (bicyclic) bond motifs is 3. The molecule has 0 spiro atoms. The third-order valence-corrected chi connectivity index (χ3v) is 5.93. The Kier molecular flexibility index (Phi) is 4.95. The van der Waals surface area contributed by atoms with E-state index in [1.807, 2.05) is 41.8 Å². The Morgan fingerprint density at radius 2 is 1.97 bits per heavy atom. The van der Waals surface area contributed by atoms with Gasteiger partial charge in [0.1, 0.15) is 16.8 Å². The molecule has 0 aliphatic heterocycles. The number of aromatic nitrogens is 3. The van der Waals surface area contributed by atoms with Crippen molar-refractivity contribution in [3.8, 4) is 5.75 Å². The number of para-hydroxylation sites is 3. The summed E-state index contributed by atoms with van der Waals surface area (Å²) in [6, 6.07) is 14.7. The Morgan fingerprint density at radius 3 is 2.78 bits per heavy atom. The molecule has 0 bridgehead atoms. The number of methoxy groups -OCH3 is 1. The molecule has 0 saturated heterocycles. The zero-order valence-corrected chi connectivity index (χ0v) is 18.1. The standard InChI is InChI=1S/C23H18N4O4S/c1-14(28)27(17-8-4-6-10-19(17)30-2)23-25-15(12-32-23)11-26-13-24-20-16-7-3-5-9-18(16)31-21(20)22(26)29/h3-10,12-13H,11H2,1-2H3. The first-order chi connectivity index (χ1) is 15.6. The van der Waals surface area contributed by atoms with Gasteiger partial charge in [-0.2, -0.15) is 0 Å². The molecule has 0 fully saturated rings. The van der Waals surface area contributed by atoms with Crippen molar-refractivity contribution in [1.82, 2.24) is 14.5 Å². The number of anilines is 2. The molecule has 9 heteroatoms. The number of hydrogen-bond donors (Lipinski definition) is 0. The number of ether oxygens (including phenoxy) is 1. The van der Waals surface area contributed by atoms with Crippen molar-refractivity contribution in [1.29, 1.82) is 0 Å². The molecular weight excluding hydrogens is 428 g/mol. The van der Waals surface area contributed by atoms with Gasteiger partial charge in [-0.25, -0.2) is 9.97 Å². The van der Waals surface area contributed by atoms with Crippen molar-refractivity contribution < 1.29 is 13.9 Å². The van der Waals surface area contributed by atoms with Crippen molar-refractivity contribution >= 4 is 50.1 Å². The number of thiazole rings is 1. The number of carbonyl (C=O) groups is 1. The Hall–Kier alpha value is -3.98. The van der Waals surface area contributed by atoms with Gasteiger partial charge in [0, 0.05) is 17.7 Å². The van der Waals surface area contributed by atoms with Gasteiger partial charge in [0.2, 0.25) is 11.5 Å². The molecule has 0 unspecified atom stereocenters. The van der Waals surface area contributed by atoms with E-state index < -0.39 is 0 Å². The number of amides is 1. The zero-order valence-electron chi connectivity index (χ0n) is 17.3.